The summed E-state index contributed by atoms with van der Waals surface area (Å²) in [4.78, 5) is 12.7. The van der Waals surface area contributed by atoms with Crippen LogP contribution in [0.1, 0.15) is 17.0 Å². The van der Waals surface area contributed by atoms with Crippen molar-refractivity contribution >= 4 is 27.3 Å². The summed E-state index contributed by atoms with van der Waals surface area (Å²) in [5, 5.41) is 3.82. The van der Waals surface area contributed by atoms with Crippen molar-refractivity contribution in [1.82, 2.24) is 4.72 Å². The lowest BCUT2D eigenvalue weighted by Crippen LogP contribution is -2.46. The van der Waals surface area contributed by atoms with Crippen molar-refractivity contribution in [3.05, 3.63) is 82.6 Å². The average Bonchev–Trinajstić information content (AvgIpc) is 3.31. The molecule has 1 N–H and O–H groups in total. The molecule has 6 nitrogen and oxygen atoms in total. The molecule has 0 spiro atoms. The first-order chi connectivity index (χ1) is 14.4. The number of thiophene rings is 1. The molecule has 0 saturated carbocycles. The molecule has 0 bridgehead atoms. The van der Waals surface area contributed by atoms with Crippen LogP contribution in [0.4, 0.5) is 0 Å². The maximum Gasteiger partial charge on any atom is 0.324 e. The number of benzene rings is 2. The van der Waals surface area contributed by atoms with Gasteiger partial charge in [0.05, 0.1) is 19.1 Å². The molecule has 0 aliphatic heterocycles. The fourth-order valence-corrected chi connectivity index (χ4v) is 5.14. The van der Waals surface area contributed by atoms with Gasteiger partial charge in [-0.3, -0.25) is 4.79 Å². The smallest absolute Gasteiger partial charge is 0.324 e. The van der Waals surface area contributed by atoms with E-state index in [2.05, 4.69) is 4.72 Å². The van der Waals surface area contributed by atoms with Gasteiger partial charge in [-0.2, -0.15) is 16.1 Å². The van der Waals surface area contributed by atoms with Crippen LogP contribution < -0.4 is 9.46 Å². The van der Waals surface area contributed by atoms with Gasteiger partial charge < -0.3 is 9.47 Å². The van der Waals surface area contributed by atoms with Gasteiger partial charge in [-0.05, 0) is 58.6 Å². The number of ether oxygens (including phenoxy) is 2. The van der Waals surface area contributed by atoms with E-state index in [-0.39, 0.29) is 4.90 Å². The molecule has 0 radical (unpaired) electrons. The quantitative estimate of drug-likeness (QED) is 0.509. The lowest BCUT2D eigenvalue weighted by atomic mass is 9.88. The molecular weight excluding hydrogens is 422 g/mol. The van der Waals surface area contributed by atoms with Crippen LogP contribution in [-0.2, 0) is 26.0 Å². The molecule has 30 heavy (non-hydrogen) atoms. The SMILES string of the molecule is COC(=O)C(NS(=O)(=O)c1ccc(OC)cc1)C(Cc1ccccc1)c1ccsc1. The summed E-state index contributed by atoms with van der Waals surface area (Å²) in [6.45, 7) is 0. The van der Waals surface area contributed by atoms with E-state index in [0.717, 1.165) is 11.1 Å². The molecular formula is C22H23NO5S2. The van der Waals surface area contributed by atoms with Gasteiger partial charge >= 0.3 is 5.97 Å². The van der Waals surface area contributed by atoms with Gasteiger partial charge in [0.1, 0.15) is 11.8 Å². The minimum Gasteiger partial charge on any atom is -0.497 e. The summed E-state index contributed by atoms with van der Waals surface area (Å²) >= 11 is 1.49. The van der Waals surface area contributed by atoms with E-state index < -0.39 is 28.0 Å². The molecule has 2 unspecified atom stereocenters. The van der Waals surface area contributed by atoms with Crippen molar-refractivity contribution < 1.29 is 22.7 Å². The Labute approximate surface area is 180 Å². The molecule has 0 saturated heterocycles. The number of carbonyl (C=O) groups excluding carboxylic acids is 1. The highest BCUT2D eigenvalue weighted by molar-refractivity contribution is 7.89. The van der Waals surface area contributed by atoms with Gasteiger partial charge in [0.25, 0.3) is 0 Å². The Morgan fingerprint density at radius 2 is 1.73 bits per heavy atom. The third-order valence-electron chi connectivity index (χ3n) is 4.78. The molecule has 3 aromatic rings. The van der Waals surface area contributed by atoms with Crippen LogP contribution in [0.15, 0.2) is 76.3 Å². The average molecular weight is 446 g/mol. The van der Waals surface area contributed by atoms with E-state index in [0.29, 0.717) is 12.2 Å². The molecule has 1 aromatic heterocycles. The van der Waals surface area contributed by atoms with Gasteiger partial charge in [-0.1, -0.05) is 30.3 Å². The Kier molecular flexibility index (Phi) is 7.25. The lowest BCUT2D eigenvalue weighted by molar-refractivity contribution is -0.143. The number of hydrogen-bond donors (Lipinski definition) is 1. The minimum atomic E-state index is -3.97. The Morgan fingerprint density at radius 3 is 2.30 bits per heavy atom. The third kappa shape index (κ3) is 5.27. The normalized spacial score (nSPS) is 13.4. The highest BCUT2D eigenvalue weighted by atomic mass is 32.2. The Morgan fingerprint density at radius 1 is 1.03 bits per heavy atom. The highest BCUT2D eigenvalue weighted by Gasteiger charge is 2.35. The van der Waals surface area contributed by atoms with Crippen LogP contribution >= 0.6 is 11.3 Å². The first-order valence-corrected chi connectivity index (χ1v) is 11.7. The summed E-state index contributed by atoms with van der Waals surface area (Å²) in [6.07, 6.45) is 0.475. The van der Waals surface area contributed by atoms with Crippen LogP contribution in [0.25, 0.3) is 0 Å². The third-order valence-corrected chi connectivity index (χ3v) is 6.94. The molecule has 1 heterocycles. The van der Waals surface area contributed by atoms with E-state index in [1.807, 2.05) is 47.2 Å². The zero-order valence-electron chi connectivity index (χ0n) is 16.6. The topological polar surface area (TPSA) is 81.7 Å². The number of hydrogen-bond acceptors (Lipinski definition) is 6. The van der Waals surface area contributed by atoms with Gasteiger partial charge in [-0.25, -0.2) is 8.42 Å². The molecule has 8 heteroatoms. The van der Waals surface area contributed by atoms with Gasteiger partial charge in [0, 0.05) is 5.92 Å². The molecule has 3 rings (SSSR count). The molecule has 0 fully saturated rings. The zero-order valence-corrected chi connectivity index (χ0v) is 18.3. The van der Waals surface area contributed by atoms with Crippen molar-refractivity contribution in [3.8, 4) is 5.75 Å². The van der Waals surface area contributed by atoms with Crippen LogP contribution in [0.5, 0.6) is 5.75 Å². The van der Waals surface area contributed by atoms with Gasteiger partial charge in [0.15, 0.2) is 0 Å². The summed E-state index contributed by atoms with van der Waals surface area (Å²) < 4.78 is 38.7. The van der Waals surface area contributed by atoms with Crippen molar-refractivity contribution in [2.24, 2.45) is 0 Å². The van der Waals surface area contributed by atoms with Crippen LogP contribution in [0, 0.1) is 0 Å². The van der Waals surface area contributed by atoms with E-state index in [1.165, 1.54) is 37.7 Å². The molecule has 2 atom stereocenters. The number of nitrogens with one attached hydrogen (secondary N) is 1. The fraction of sp³-hybridized carbons (Fsp3) is 0.227. The second kappa shape index (κ2) is 9.88. The van der Waals surface area contributed by atoms with Crippen LogP contribution in [0.2, 0.25) is 0 Å². The number of carbonyl (C=O) groups is 1. The lowest BCUT2D eigenvalue weighted by Gasteiger charge is -2.26. The Hall–Kier alpha value is -2.68. The fourth-order valence-electron chi connectivity index (χ4n) is 3.19. The second-order valence-corrected chi connectivity index (χ2v) is 9.14. The predicted octanol–water partition coefficient (Wildman–Crippen LogP) is 3.60. The minimum absolute atomic E-state index is 0.0426. The molecule has 0 amide bonds. The molecule has 0 aliphatic rings. The number of sulfonamides is 1. The first kappa shape index (κ1) is 22.0. The van der Waals surface area contributed by atoms with Gasteiger partial charge in [0.2, 0.25) is 10.0 Å². The van der Waals surface area contributed by atoms with E-state index in [4.69, 9.17) is 9.47 Å². The molecule has 158 valence electrons. The van der Waals surface area contributed by atoms with E-state index >= 15 is 0 Å². The van der Waals surface area contributed by atoms with Crippen molar-refractivity contribution in [2.75, 3.05) is 14.2 Å². The maximum atomic E-state index is 13.0. The van der Waals surface area contributed by atoms with Crippen molar-refractivity contribution in [2.45, 2.75) is 23.3 Å². The van der Waals surface area contributed by atoms with Gasteiger partial charge in [-0.15, -0.1) is 0 Å². The first-order valence-electron chi connectivity index (χ1n) is 9.25. The Bertz CT molecular complexity index is 1050. The summed E-state index contributed by atoms with van der Waals surface area (Å²) in [5.74, 6) is -0.531. The zero-order chi connectivity index (χ0) is 21.6. The standard InChI is InChI=1S/C22H23NO5S2/c1-27-18-8-10-19(11-9-18)30(25,26)23-21(22(24)28-2)20(17-12-13-29-15-17)14-16-6-4-3-5-7-16/h3-13,15,20-21,23H,14H2,1-2H3. The van der Waals surface area contributed by atoms with Crippen LogP contribution in [0.3, 0.4) is 0 Å². The largest absolute Gasteiger partial charge is 0.497 e. The predicted molar refractivity (Wildman–Crippen MR) is 116 cm³/mol. The summed E-state index contributed by atoms with van der Waals surface area (Å²) in [5.41, 5.74) is 1.86. The number of rotatable bonds is 9. The van der Waals surface area contributed by atoms with Crippen molar-refractivity contribution in [1.29, 1.82) is 0 Å². The summed E-state index contributed by atoms with van der Waals surface area (Å²) in [7, 11) is -1.21. The Balaban J connectivity index is 1.96. The molecule has 2 aromatic carbocycles. The maximum absolute atomic E-state index is 13.0. The van der Waals surface area contributed by atoms with Crippen molar-refractivity contribution in [3.63, 3.8) is 0 Å². The monoisotopic (exact) mass is 445 g/mol. The van der Waals surface area contributed by atoms with E-state index in [1.54, 1.807) is 12.1 Å². The highest BCUT2D eigenvalue weighted by Crippen LogP contribution is 2.28. The van der Waals surface area contributed by atoms with E-state index in [9.17, 15) is 13.2 Å². The molecule has 0 aliphatic carbocycles. The number of esters is 1. The number of methoxy groups -OCH3 is 2. The summed E-state index contributed by atoms with van der Waals surface area (Å²) in [6, 6.07) is 16.4. The van der Waals surface area contributed by atoms with Crippen LogP contribution in [-0.4, -0.2) is 34.6 Å². The second-order valence-electron chi connectivity index (χ2n) is 6.65.